The normalized spacial score (nSPS) is 21.8. The van der Waals surface area contributed by atoms with Crippen molar-refractivity contribution in [2.45, 2.75) is 55.8 Å². The van der Waals surface area contributed by atoms with E-state index in [9.17, 15) is 13.2 Å². The molecule has 2 aliphatic rings. The Morgan fingerprint density at radius 2 is 1.96 bits per heavy atom. The molecule has 1 atom stereocenters. The van der Waals surface area contributed by atoms with Gasteiger partial charge in [0.1, 0.15) is 11.2 Å². The zero-order valence-electron chi connectivity index (χ0n) is 15.5. The first-order valence-electron chi connectivity index (χ1n) is 9.60. The molecule has 0 unspecified atom stereocenters. The standard InChI is InChI=1S/C18H25N5O3S/c1-27(25,26)15-10-19-18-20-12-21-23(18)17(15)14-7-4-8-22(11-14)16(24)9-13-5-2-3-6-13/h10,12-14H,2-9,11H2,1H3/t14-/m1/s1. The lowest BCUT2D eigenvalue weighted by molar-refractivity contribution is -0.133. The molecular weight excluding hydrogens is 366 g/mol. The minimum atomic E-state index is -3.46. The minimum absolute atomic E-state index is 0.0943. The van der Waals surface area contributed by atoms with Gasteiger partial charge in [0, 0.05) is 31.7 Å². The molecule has 1 amide bonds. The van der Waals surface area contributed by atoms with E-state index in [0.29, 0.717) is 30.4 Å². The molecule has 2 aromatic rings. The fourth-order valence-electron chi connectivity index (χ4n) is 4.46. The number of fused-ring (bicyclic) bond motifs is 1. The molecule has 2 fully saturated rings. The maximum absolute atomic E-state index is 12.8. The Hall–Kier alpha value is -2.03. The number of nitrogens with zero attached hydrogens (tertiary/aromatic N) is 5. The monoisotopic (exact) mass is 391 g/mol. The molecular formula is C18H25N5O3S. The van der Waals surface area contributed by atoms with Crippen LogP contribution in [0.4, 0.5) is 0 Å². The minimum Gasteiger partial charge on any atom is -0.342 e. The van der Waals surface area contributed by atoms with E-state index in [2.05, 4.69) is 15.1 Å². The topological polar surface area (TPSA) is 97.5 Å². The number of piperidine rings is 1. The summed E-state index contributed by atoms with van der Waals surface area (Å²) in [5.41, 5.74) is 0.596. The van der Waals surface area contributed by atoms with Gasteiger partial charge in [-0.25, -0.2) is 13.4 Å². The van der Waals surface area contributed by atoms with Crippen molar-refractivity contribution in [2.24, 2.45) is 5.92 Å². The highest BCUT2D eigenvalue weighted by molar-refractivity contribution is 7.90. The predicted octanol–water partition coefficient (Wildman–Crippen LogP) is 1.81. The number of carbonyl (C=O) groups is 1. The van der Waals surface area contributed by atoms with Gasteiger partial charge in [-0.3, -0.25) is 4.79 Å². The quantitative estimate of drug-likeness (QED) is 0.788. The number of amides is 1. The SMILES string of the molecule is CS(=O)(=O)c1cnc2ncnn2c1[C@@H]1CCCN(C(=O)CC2CCCC2)C1. The van der Waals surface area contributed by atoms with E-state index < -0.39 is 9.84 Å². The Labute approximate surface area is 158 Å². The van der Waals surface area contributed by atoms with Crippen LogP contribution in [-0.4, -0.2) is 58.2 Å². The van der Waals surface area contributed by atoms with Gasteiger partial charge in [0.05, 0.1) is 11.9 Å². The van der Waals surface area contributed by atoms with Gasteiger partial charge in [0.2, 0.25) is 5.91 Å². The summed E-state index contributed by atoms with van der Waals surface area (Å²) in [5.74, 6) is 0.985. The van der Waals surface area contributed by atoms with Crippen LogP contribution in [0.1, 0.15) is 56.6 Å². The van der Waals surface area contributed by atoms with Crippen LogP contribution in [0, 0.1) is 5.92 Å². The van der Waals surface area contributed by atoms with Crippen molar-refractivity contribution in [1.82, 2.24) is 24.5 Å². The van der Waals surface area contributed by atoms with Gasteiger partial charge in [-0.15, -0.1) is 0 Å². The van der Waals surface area contributed by atoms with Crippen molar-refractivity contribution in [3.8, 4) is 0 Å². The summed E-state index contributed by atoms with van der Waals surface area (Å²) >= 11 is 0. The summed E-state index contributed by atoms with van der Waals surface area (Å²) < 4.78 is 26.2. The van der Waals surface area contributed by atoms with Gasteiger partial charge in [0.25, 0.3) is 5.78 Å². The number of carbonyl (C=O) groups excluding carboxylic acids is 1. The largest absolute Gasteiger partial charge is 0.342 e. The Kier molecular flexibility index (Phi) is 4.88. The highest BCUT2D eigenvalue weighted by Crippen LogP contribution is 2.33. The fraction of sp³-hybridized carbons (Fsp3) is 0.667. The average Bonchev–Trinajstić information content (AvgIpc) is 3.31. The fourth-order valence-corrected chi connectivity index (χ4v) is 5.33. The molecule has 0 radical (unpaired) electrons. The molecule has 1 saturated carbocycles. The van der Waals surface area contributed by atoms with E-state index in [4.69, 9.17) is 0 Å². The second-order valence-electron chi connectivity index (χ2n) is 7.79. The number of hydrogen-bond acceptors (Lipinski definition) is 6. The first kappa shape index (κ1) is 18.3. The molecule has 0 spiro atoms. The Balaban J connectivity index is 1.63. The molecule has 1 aliphatic carbocycles. The van der Waals surface area contributed by atoms with Crippen molar-refractivity contribution < 1.29 is 13.2 Å². The number of sulfone groups is 1. The zero-order chi connectivity index (χ0) is 19.0. The van der Waals surface area contributed by atoms with Gasteiger partial charge in [-0.05, 0) is 31.6 Å². The van der Waals surface area contributed by atoms with Crippen molar-refractivity contribution in [3.05, 3.63) is 18.2 Å². The summed E-state index contributed by atoms with van der Waals surface area (Å²) in [6.07, 6.45) is 10.9. The van der Waals surface area contributed by atoms with Crippen molar-refractivity contribution >= 4 is 21.5 Å². The molecule has 1 aliphatic heterocycles. The molecule has 0 aromatic carbocycles. The number of rotatable bonds is 4. The van der Waals surface area contributed by atoms with Crippen LogP contribution < -0.4 is 0 Å². The molecule has 9 heteroatoms. The van der Waals surface area contributed by atoms with Gasteiger partial charge in [-0.2, -0.15) is 14.6 Å². The average molecular weight is 391 g/mol. The third-order valence-electron chi connectivity index (χ3n) is 5.81. The highest BCUT2D eigenvalue weighted by atomic mass is 32.2. The molecule has 27 heavy (non-hydrogen) atoms. The van der Waals surface area contributed by atoms with Crippen molar-refractivity contribution in [2.75, 3.05) is 19.3 Å². The predicted molar refractivity (Wildman–Crippen MR) is 99.0 cm³/mol. The third-order valence-corrected chi connectivity index (χ3v) is 6.92. The molecule has 4 rings (SSSR count). The maximum atomic E-state index is 12.8. The number of hydrogen-bond donors (Lipinski definition) is 0. The molecule has 1 saturated heterocycles. The third kappa shape index (κ3) is 3.69. The van der Waals surface area contributed by atoms with Crippen LogP contribution in [-0.2, 0) is 14.6 Å². The second kappa shape index (κ2) is 7.18. The first-order valence-corrected chi connectivity index (χ1v) is 11.5. The lowest BCUT2D eigenvalue weighted by atomic mass is 9.93. The molecule has 0 bridgehead atoms. The summed E-state index contributed by atoms with van der Waals surface area (Å²) in [6, 6.07) is 0. The van der Waals surface area contributed by atoms with Gasteiger partial charge < -0.3 is 4.90 Å². The molecule has 146 valence electrons. The van der Waals surface area contributed by atoms with Crippen LogP contribution >= 0.6 is 0 Å². The van der Waals surface area contributed by atoms with Crippen LogP contribution in [0.15, 0.2) is 17.4 Å². The van der Waals surface area contributed by atoms with E-state index >= 15 is 0 Å². The zero-order valence-corrected chi connectivity index (χ0v) is 16.4. The van der Waals surface area contributed by atoms with Crippen LogP contribution in [0.3, 0.4) is 0 Å². The van der Waals surface area contributed by atoms with E-state index in [1.54, 1.807) is 0 Å². The summed E-state index contributed by atoms with van der Waals surface area (Å²) in [4.78, 5) is 23.1. The molecule has 2 aromatic heterocycles. The first-order chi connectivity index (χ1) is 12.9. The summed E-state index contributed by atoms with van der Waals surface area (Å²) in [5, 5.41) is 4.20. The van der Waals surface area contributed by atoms with E-state index in [-0.39, 0.29) is 16.7 Å². The summed E-state index contributed by atoms with van der Waals surface area (Å²) in [6.45, 7) is 1.26. The maximum Gasteiger partial charge on any atom is 0.252 e. The highest BCUT2D eigenvalue weighted by Gasteiger charge is 2.32. The Bertz CT molecular complexity index is 949. The Morgan fingerprint density at radius 1 is 1.19 bits per heavy atom. The second-order valence-corrected chi connectivity index (χ2v) is 9.77. The van der Waals surface area contributed by atoms with Gasteiger partial charge in [-0.1, -0.05) is 12.8 Å². The van der Waals surface area contributed by atoms with E-state index in [1.807, 2.05) is 4.90 Å². The lowest BCUT2D eigenvalue weighted by Gasteiger charge is -2.34. The molecule has 3 heterocycles. The van der Waals surface area contributed by atoms with Gasteiger partial charge >= 0.3 is 0 Å². The number of likely N-dealkylation sites (tertiary alicyclic amines) is 1. The molecule has 0 N–H and O–H groups in total. The van der Waals surface area contributed by atoms with E-state index in [1.165, 1.54) is 36.1 Å². The molecule has 8 nitrogen and oxygen atoms in total. The van der Waals surface area contributed by atoms with Crippen LogP contribution in [0.5, 0.6) is 0 Å². The lowest BCUT2D eigenvalue weighted by Crippen LogP contribution is -2.40. The summed E-state index contributed by atoms with van der Waals surface area (Å²) in [7, 11) is -3.46. The van der Waals surface area contributed by atoms with E-state index in [0.717, 1.165) is 32.2 Å². The number of aromatic nitrogens is 4. The van der Waals surface area contributed by atoms with Crippen molar-refractivity contribution in [1.29, 1.82) is 0 Å². The van der Waals surface area contributed by atoms with Gasteiger partial charge in [0.15, 0.2) is 9.84 Å². The van der Waals surface area contributed by atoms with Crippen LogP contribution in [0.2, 0.25) is 0 Å². The Morgan fingerprint density at radius 3 is 2.70 bits per heavy atom. The smallest absolute Gasteiger partial charge is 0.252 e. The van der Waals surface area contributed by atoms with Crippen molar-refractivity contribution in [3.63, 3.8) is 0 Å². The van der Waals surface area contributed by atoms with Crippen LogP contribution in [0.25, 0.3) is 5.78 Å².